The third-order valence-corrected chi connectivity index (χ3v) is 5.56. The lowest BCUT2D eigenvalue weighted by Crippen LogP contribution is -2.60. The van der Waals surface area contributed by atoms with Gasteiger partial charge in [-0.15, -0.1) is 0 Å². The van der Waals surface area contributed by atoms with E-state index in [1.54, 1.807) is 6.07 Å². The zero-order chi connectivity index (χ0) is 24.6. The van der Waals surface area contributed by atoms with E-state index in [2.05, 4.69) is 0 Å². The third kappa shape index (κ3) is 4.27. The summed E-state index contributed by atoms with van der Waals surface area (Å²) in [4.78, 5) is 13.1. The summed E-state index contributed by atoms with van der Waals surface area (Å²) in [6.07, 6.45) is -7.58. The van der Waals surface area contributed by atoms with Gasteiger partial charge in [0.25, 0.3) is 0 Å². The minimum atomic E-state index is -1.67. The van der Waals surface area contributed by atoms with Crippen molar-refractivity contribution in [1.82, 2.24) is 0 Å². The number of aliphatic hydroxyl groups is 4. The summed E-state index contributed by atoms with van der Waals surface area (Å²) >= 11 is 0. The van der Waals surface area contributed by atoms with Crippen LogP contribution in [0, 0.1) is 0 Å². The lowest BCUT2D eigenvalue weighted by Gasteiger charge is -2.39. The van der Waals surface area contributed by atoms with Gasteiger partial charge in [0.05, 0.1) is 20.8 Å². The molecule has 0 radical (unpaired) electrons. The first kappa shape index (κ1) is 23.8. The minimum Gasteiger partial charge on any atom is -0.504 e. The first-order valence-corrected chi connectivity index (χ1v) is 10.3. The normalized spacial score (nSPS) is 24.7. The topological polar surface area (TPSA) is 168 Å². The molecule has 0 unspecified atom stereocenters. The molecule has 5 N–H and O–H groups in total. The second-order valence-electron chi connectivity index (χ2n) is 7.68. The Balaban J connectivity index is 1.79. The van der Waals surface area contributed by atoms with Gasteiger partial charge in [0.2, 0.25) is 6.29 Å². The summed E-state index contributed by atoms with van der Waals surface area (Å²) < 4.78 is 27.4. The van der Waals surface area contributed by atoms with Crippen LogP contribution in [0.2, 0.25) is 0 Å². The van der Waals surface area contributed by atoms with Crippen LogP contribution >= 0.6 is 0 Å². The number of phenolic OH excluding ortho intramolecular Hbond substituents is 1. The van der Waals surface area contributed by atoms with Crippen LogP contribution in [0.1, 0.15) is 0 Å². The van der Waals surface area contributed by atoms with E-state index in [4.69, 9.17) is 23.4 Å². The summed E-state index contributed by atoms with van der Waals surface area (Å²) in [5, 5.41) is 49.6. The number of ether oxygens (including phenoxy) is 4. The Labute approximate surface area is 192 Å². The Morgan fingerprint density at radius 1 is 0.941 bits per heavy atom. The molecule has 0 saturated carbocycles. The van der Waals surface area contributed by atoms with Crippen molar-refractivity contribution in [2.75, 3.05) is 20.8 Å². The van der Waals surface area contributed by atoms with Crippen LogP contribution in [-0.4, -0.2) is 77.1 Å². The van der Waals surface area contributed by atoms with Crippen molar-refractivity contribution in [3.8, 4) is 34.3 Å². The molecule has 11 heteroatoms. The predicted molar refractivity (Wildman–Crippen MR) is 117 cm³/mol. The van der Waals surface area contributed by atoms with Gasteiger partial charge < -0.3 is 48.9 Å². The van der Waals surface area contributed by atoms with E-state index in [1.807, 2.05) is 0 Å². The van der Waals surface area contributed by atoms with E-state index in [0.29, 0.717) is 5.56 Å². The number of hydrogen-bond acceptors (Lipinski definition) is 11. The van der Waals surface area contributed by atoms with E-state index in [0.717, 1.165) is 0 Å². The lowest BCUT2D eigenvalue weighted by atomic mass is 9.99. The van der Waals surface area contributed by atoms with E-state index in [1.165, 1.54) is 44.6 Å². The fourth-order valence-electron chi connectivity index (χ4n) is 3.70. The molecule has 1 aliphatic heterocycles. The SMILES string of the molecule is COc1cc(O[C@H]2O[C@@H](CO)[C@@H](O)[C@H](O)[C@@H]2O)c2c(=O)cc(-c3ccc(O)c(OC)c3)oc2c1. The summed E-state index contributed by atoms with van der Waals surface area (Å²) in [5.41, 5.74) is 0.0619. The number of benzene rings is 2. The van der Waals surface area contributed by atoms with Crippen molar-refractivity contribution >= 4 is 11.0 Å². The highest BCUT2D eigenvalue weighted by atomic mass is 16.7. The number of aliphatic hydroxyl groups excluding tert-OH is 4. The van der Waals surface area contributed by atoms with E-state index in [9.17, 15) is 30.3 Å². The summed E-state index contributed by atoms with van der Waals surface area (Å²) in [5.74, 6) is 0.490. The van der Waals surface area contributed by atoms with E-state index >= 15 is 0 Å². The molecule has 4 rings (SSSR count). The summed E-state index contributed by atoms with van der Waals surface area (Å²) in [6, 6.07) is 8.53. The van der Waals surface area contributed by atoms with Crippen LogP contribution in [0.25, 0.3) is 22.3 Å². The molecule has 0 spiro atoms. The number of rotatable bonds is 6. The van der Waals surface area contributed by atoms with Crippen molar-refractivity contribution in [2.24, 2.45) is 0 Å². The maximum atomic E-state index is 13.1. The molecule has 34 heavy (non-hydrogen) atoms. The van der Waals surface area contributed by atoms with Gasteiger partial charge in [-0.2, -0.15) is 0 Å². The van der Waals surface area contributed by atoms with Crippen LogP contribution in [-0.2, 0) is 4.74 Å². The molecule has 5 atom stereocenters. The first-order valence-electron chi connectivity index (χ1n) is 10.3. The Kier molecular flexibility index (Phi) is 6.64. The zero-order valence-electron chi connectivity index (χ0n) is 18.2. The Bertz CT molecular complexity index is 1240. The highest BCUT2D eigenvalue weighted by Gasteiger charge is 2.45. The fourth-order valence-corrected chi connectivity index (χ4v) is 3.70. The quantitative estimate of drug-likeness (QED) is 0.333. The van der Waals surface area contributed by atoms with Gasteiger partial charge in [-0.25, -0.2) is 0 Å². The maximum absolute atomic E-state index is 13.1. The Hall–Kier alpha value is -3.35. The van der Waals surface area contributed by atoms with Gasteiger partial charge in [-0.05, 0) is 18.2 Å². The number of methoxy groups -OCH3 is 2. The largest absolute Gasteiger partial charge is 0.504 e. The average Bonchev–Trinajstić information content (AvgIpc) is 2.84. The first-order chi connectivity index (χ1) is 16.3. The molecule has 1 aliphatic rings. The Morgan fingerprint density at radius 3 is 2.38 bits per heavy atom. The molecule has 0 amide bonds. The van der Waals surface area contributed by atoms with Crippen LogP contribution in [0.4, 0.5) is 0 Å². The van der Waals surface area contributed by atoms with E-state index < -0.39 is 42.7 Å². The number of hydrogen-bond donors (Lipinski definition) is 5. The van der Waals surface area contributed by atoms with Crippen molar-refractivity contribution in [3.63, 3.8) is 0 Å². The molecule has 2 aromatic carbocycles. The van der Waals surface area contributed by atoms with Gasteiger partial charge in [0.1, 0.15) is 52.6 Å². The smallest absolute Gasteiger partial charge is 0.229 e. The van der Waals surface area contributed by atoms with E-state index in [-0.39, 0.29) is 39.7 Å². The molecule has 0 aliphatic carbocycles. The van der Waals surface area contributed by atoms with Gasteiger partial charge in [-0.1, -0.05) is 0 Å². The maximum Gasteiger partial charge on any atom is 0.229 e. The van der Waals surface area contributed by atoms with Crippen LogP contribution in [0.3, 0.4) is 0 Å². The predicted octanol–water partition coefficient (Wildman–Crippen LogP) is 0.361. The summed E-state index contributed by atoms with van der Waals surface area (Å²) in [6.45, 7) is -0.634. The fraction of sp³-hybridized carbons (Fsp3) is 0.348. The van der Waals surface area contributed by atoms with Gasteiger partial charge in [0, 0.05) is 23.8 Å². The van der Waals surface area contributed by atoms with Crippen LogP contribution in [0.15, 0.2) is 45.6 Å². The molecule has 11 nitrogen and oxygen atoms in total. The molecule has 1 fully saturated rings. The van der Waals surface area contributed by atoms with Crippen LogP contribution < -0.4 is 19.6 Å². The minimum absolute atomic E-state index is 0.00672. The highest BCUT2D eigenvalue weighted by Crippen LogP contribution is 2.36. The monoisotopic (exact) mass is 476 g/mol. The molecule has 1 saturated heterocycles. The second-order valence-corrected chi connectivity index (χ2v) is 7.68. The molecular formula is C23H24O11. The van der Waals surface area contributed by atoms with Crippen molar-refractivity contribution < 1.29 is 48.9 Å². The number of fused-ring (bicyclic) bond motifs is 1. The second kappa shape index (κ2) is 9.49. The highest BCUT2D eigenvalue weighted by molar-refractivity contribution is 5.86. The van der Waals surface area contributed by atoms with Gasteiger partial charge >= 0.3 is 0 Å². The molecule has 3 aromatic rings. The number of phenols is 1. The van der Waals surface area contributed by atoms with Gasteiger partial charge in [-0.3, -0.25) is 4.79 Å². The Morgan fingerprint density at radius 2 is 1.71 bits per heavy atom. The molecule has 182 valence electrons. The zero-order valence-corrected chi connectivity index (χ0v) is 18.2. The standard InChI is InChI=1S/C23H24O11/c1-30-11-6-16-19(13(26)8-14(32-16)10-3-4-12(25)15(5-10)31-2)17(7-11)33-23-22(29)21(28)20(27)18(9-24)34-23/h3-8,18,20-25,27-29H,9H2,1-2H3/t18-,20+,21-,22-,23-/m0/s1. The molecule has 2 heterocycles. The summed E-state index contributed by atoms with van der Waals surface area (Å²) in [7, 11) is 2.79. The average molecular weight is 476 g/mol. The van der Waals surface area contributed by atoms with Crippen LogP contribution in [0.5, 0.6) is 23.0 Å². The lowest BCUT2D eigenvalue weighted by molar-refractivity contribution is -0.277. The van der Waals surface area contributed by atoms with Gasteiger partial charge in [0.15, 0.2) is 16.9 Å². The van der Waals surface area contributed by atoms with Crippen molar-refractivity contribution in [3.05, 3.63) is 46.6 Å². The molecule has 0 bridgehead atoms. The number of aromatic hydroxyl groups is 1. The third-order valence-electron chi connectivity index (χ3n) is 5.56. The molecule has 1 aromatic heterocycles. The van der Waals surface area contributed by atoms with Crippen molar-refractivity contribution in [2.45, 2.75) is 30.7 Å². The molecular weight excluding hydrogens is 452 g/mol. The van der Waals surface area contributed by atoms with Crippen molar-refractivity contribution in [1.29, 1.82) is 0 Å².